The highest BCUT2D eigenvalue weighted by Crippen LogP contribution is 2.36. The van der Waals surface area contributed by atoms with Crippen LogP contribution in [-0.2, 0) is 11.2 Å². The summed E-state index contributed by atoms with van der Waals surface area (Å²) in [6, 6.07) is 17.9. The van der Waals surface area contributed by atoms with Crippen LogP contribution in [0.15, 0.2) is 48.5 Å². The van der Waals surface area contributed by atoms with Gasteiger partial charge in [0.1, 0.15) is 30.8 Å². The largest absolute Gasteiger partial charge is 0.489 e. The van der Waals surface area contributed by atoms with Crippen molar-refractivity contribution in [2.75, 3.05) is 19.8 Å². The number of ether oxygens (including phenoxy) is 2. The molecule has 1 heterocycles. The SMILES string of the molecule is CC(C)(C)N1CC(COc2ccc(CCO)cc2C#N)OC1c1ccccc1. The van der Waals surface area contributed by atoms with Gasteiger partial charge in [0.25, 0.3) is 0 Å². The van der Waals surface area contributed by atoms with E-state index in [1.165, 1.54) is 0 Å². The summed E-state index contributed by atoms with van der Waals surface area (Å²) in [7, 11) is 0. The lowest BCUT2D eigenvalue weighted by Gasteiger charge is -2.35. The molecular weight excluding hydrogens is 352 g/mol. The fourth-order valence-corrected chi connectivity index (χ4v) is 3.47. The number of aliphatic hydroxyl groups excluding tert-OH is 1. The highest BCUT2D eigenvalue weighted by Gasteiger charge is 2.40. The summed E-state index contributed by atoms with van der Waals surface area (Å²) in [5.74, 6) is 0.554. The van der Waals surface area contributed by atoms with Gasteiger partial charge in [0, 0.05) is 18.7 Å². The average molecular weight is 380 g/mol. The van der Waals surface area contributed by atoms with Gasteiger partial charge in [0.05, 0.1) is 5.56 Å². The van der Waals surface area contributed by atoms with Gasteiger partial charge in [-0.15, -0.1) is 0 Å². The quantitative estimate of drug-likeness (QED) is 0.828. The van der Waals surface area contributed by atoms with Crippen LogP contribution in [0.3, 0.4) is 0 Å². The van der Waals surface area contributed by atoms with Crippen LogP contribution in [0, 0.1) is 11.3 Å². The smallest absolute Gasteiger partial charge is 0.137 e. The van der Waals surface area contributed by atoms with E-state index in [-0.39, 0.29) is 24.5 Å². The van der Waals surface area contributed by atoms with E-state index >= 15 is 0 Å². The van der Waals surface area contributed by atoms with Crippen LogP contribution in [0.1, 0.15) is 43.7 Å². The minimum atomic E-state index is -0.114. The van der Waals surface area contributed by atoms with E-state index in [2.05, 4.69) is 43.9 Å². The lowest BCUT2D eigenvalue weighted by atomic mass is 10.0. The summed E-state index contributed by atoms with van der Waals surface area (Å²) in [6.45, 7) is 7.75. The van der Waals surface area contributed by atoms with Gasteiger partial charge in [-0.05, 0) is 50.5 Å². The van der Waals surface area contributed by atoms with Crippen LogP contribution < -0.4 is 4.74 Å². The van der Waals surface area contributed by atoms with Gasteiger partial charge in [0.2, 0.25) is 0 Å². The van der Waals surface area contributed by atoms with Crippen LogP contribution >= 0.6 is 0 Å². The van der Waals surface area contributed by atoms with Gasteiger partial charge in [-0.2, -0.15) is 5.26 Å². The molecule has 2 aromatic carbocycles. The number of hydrogen-bond donors (Lipinski definition) is 1. The first-order chi connectivity index (χ1) is 13.4. The molecule has 1 aliphatic rings. The molecule has 2 atom stereocenters. The second kappa shape index (κ2) is 8.74. The molecule has 5 nitrogen and oxygen atoms in total. The van der Waals surface area contributed by atoms with Gasteiger partial charge in [-0.1, -0.05) is 36.4 Å². The molecule has 0 aliphatic carbocycles. The molecule has 0 radical (unpaired) electrons. The number of nitrogens with zero attached hydrogens (tertiary/aromatic N) is 2. The molecule has 0 amide bonds. The minimum absolute atomic E-state index is 0.0426. The zero-order chi connectivity index (χ0) is 20.1. The predicted molar refractivity (Wildman–Crippen MR) is 108 cm³/mol. The van der Waals surface area contributed by atoms with Crippen LogP contribution in [0.5, 0.6) is 5.75 Å². The maximum atomic E-state index is 9.41. The highest BCUT2D eigenvalue weighted by molar-refractivity contribution is 5.45. The Morgan fingerprint density at radius 1 is 1.21 bits per heavy atom. The molecule has 0 saturated carbocycles. The van der Waals surface area contributed by atoms with E-state index in [0.717, 1.165) is 17.7 Å². The third-order valence-electron chi connectivity index (χ3n) is 4.94. The second-order valence-corrected chi connectivity index (χ2v) is 8.07. The van der Waals surface area contributed by atoms with Gasteiger partial charge in [0.15, 0.2) is 0 Å². The molecule has 0 bridgehead atoms. The topological polar surface area (TPSA) is 65.7 Å². The van der Waals surface area contributed by atoms with Crippen molar-refractivity contribution < 1.29 is 14.6 Å². The Balaban J connectivity index is 1.71. The summed E-state index contributed by atoms with van der Waals surface area (Å²) in [6.07, 6.45) is 0.324. The van der Waals surface area contributed by atoms with Crippen molar-refractivity contribution >= 4 is 0 Å². The number of aliphatic hydroxyl groups is 1. The molecule has 1 fully saturated rings. The molecular formula is C23H28N2O3. The molecule has 1 aliphatic heterocycles. The highest BCUT2D eigenvalue weighted by atomic mass is 16.6. The predicted octanol–water partition coefficient (Wildman–Crippen LogP) is 3.67. The first kappa shape index (κ1) is 20.3. The van der Waals surface area contributed by atoms with Gasteiger partial charge in [-0.25, -0.2) is 0 Å². The fraction of sp³-hybridized carbons (Fsp3) is 0.435. The summed E-state index contributed by atoms with van der Waals surface area (Å²) >= 11 is 0. The monoisotopic (exact) mass is 380 g/mol. The lowest BCUT2D eigenvalue weighted by Crippen LogP contribution is -2.42. The average Bonchev–Trinajstić information content (AvgIpc) is 3.13. The van der Waals surface area contributed by atoms with E-state index < -0.39 is 0 Å². The van der Waals surface area contributed by atoms with Gasteiger partial charge in [-0.3, -0.25) is 4.90 Å². The maximum absolute atomic E-state index is 9.41. The van der Waals surface area contributed by atoms with Crippen LogP contribution in [0.2, 0.25) is 0 Å². The zero-order valence-electron chi connectivity index (χ0n) is 16.8. The van der Waals surface area contributed by atoms with Crippen molar-refractivity contribution in [3.8, 4) is 11.8 Å². The van der Waals surface area contributed by atoms with E-state index in [0.29, 0.717) is 24.3 Å². The Morgan fingerprint density at radius 2 is 1.96 bits per heavy atom. The maximum Gasteiger partial charge on any atom is 0.137 e. The van der Waals surface area contributed by atoms with Crippen LogP contribution in [0.4, 0.5) is 0 Å². The van der Waals surface area contributed by atoms with Crippen molar-refractivity contribution in [2.45, 2.75) is 45.1 Å². The summed E-state index contributed by atoms with van der Waals surface area (Å²) in [5.41, 5.74) is 2.49. The molecule has 1 N–H and O–H groups in total. The van der Waals surface area contributed by atoms with E-state index in [9.17, 15) is 5.26 Å². The Bertz CT molecular complexity index is 824. The summed E-state index contributed by atoms with van der Waals surface area (Å²) in [4.78, 5) is 2.34. The number of rotatable bonds is 6. The second-order valence-electron chi connectivity index (χ2n) is 8.07. The summed E-state index contributed by atoms with van der Waals surface area (Å²) in [5, 5.41) is 18.5. The van der Waals surface area contributed by atoms with Crippen molar-refractivity contribution in [2.24, 2.45) is 0 Å². The van der Waals surface area contributed by atoms with Crippen LogP contribution in [-0.4, -0.2) is 41.4 Å². The molecule has 1 saturated heterocycles. The Kier molecular flexibility index (Phi) is 6.35. The van der Waals surface area contributed by atoms with E-state index in [4.69, 9.17) is 14.6 Å². The van der Waals surface area contributed by atoms with Gasteiger partial charge >= 0.3 is 0 Å². The standard InChI is InChI=1S/C23H28N2O3/c1-23(2,3)25-15-20(28-22(25)18-7-5-4-6-8-18)16-27-21-10-9-17(11-12-26)13-19(21)14-24/h4-10,13,20,22,26H,11-12,15-16H2,1-3H3. The van der Waals surface area contributed by atoms with Crippen molar-refractivity contribution in [3.63, 3.8) is 0 Å². The Morgan fingerprint density at radius 3 is 2.61 bits per heavy atom. The van der Waals surface area contributed by atoms with E-state index in [1.54, 1.807) is 12.1 Å². The first-order valence-corrected chi connectivity index (χ1v) is 9.66. The molecule has 3 rings (SSSR count). The minimum Gasteiger partial charge on any atom is -0.489 e. The van der Waals surface area contributed by atoms with E-state index in [1.807, 2.05) is 24.3 Å². The number of nitriles is 1. The Hall–Kier alpha value is -2.39. The van der Waals surface area contributed by atoms with Crippen LogP contribution in [0.25, 0.3) is 0 Å². The molecule has 28 heavy (non-hydrogen) atoms. The zero-order valence-corrected chi connectivity index (χ0v) is 16.8. The Labute approximate surface area is 167 Å². The number of hydrogen-bond acceptors (Lipinski definition) is 5. The van der Waals surface area contributed by atoms with Gasteiger partial charge < -0.3 is 14.6 Å². The van der Waals surface area contributed by atoms with Crippen molar-refractivity contribution in [1.29, 1.82) is 5.26 Å². The molecule has 148 valence electrons. The molecule has 5 heteroatoms. The number of benzene rings is 2. The molecule has 2 unspecified atom stereocenters. The first-order valence-electron chi connectivity index (χ1n) is 9.66. The normalized spacial score (nSPS) is 20.1. The molecule has 0 spiro atoms. The lowest BCUT2D eigenvalue weighted by molar-refractivity contribution is -0.0398. The fourth-order valence-electron chi connectivity index (χ4n) is 3.47. The third kappa shape index (κ3) is 4.71. The summed E-state index contributed by atoms with van der Waals surface area (Å²) < 4.78 is 12.3. The van der Waals surface area contributed by atoms with Crippen molar-refractivity contribution in [3.05, 3.63) is 65.2 Å². The molecule has 0 aromatic heterocycles. The van der Waals surface area contributed by atoms with Crippen molar-refractivity contribution in [1.82, 2.24) is 4.90 Å². The third-order valence-corrected chi connectivity index (χ3v) is 4.94. The molecule has 2 aromatic rings.